The Balaban J connectivity index is 1.64. The van der Waals surface area contributed by atoms with Crippen molar-refractivity contribution in [2.45, 2.75) is 18.4 Å². The largest absolute Gasteiger partial charge is 0.487 e. The average molecular weight is 298 g/mol. The van der Waals surface area contributed by atoms with E-state index in [9.17, 15) is 4.39 Å². The van der Waals surface area contributed by atoms with Crippen LogP contribution in [0.1, 0.15) is 12.8 Å². The van der Waals surface area contributed by atoms with Crippen LogP contribution >= 0.6 is 0 Å². The lowest BCUT2D eigenvalue weighted by atomic mass is 10.1. The summed E-state index contributed by atoms with van der Waals surface area (Å²) in [5.74, 6) is -0.488. The maximum Gasteiger partial charge on any atom is 0.255 e. The van der Waals surface area contributed by atoms with E-state index < -0.39 is 5.95 Å². The highest BCUT2D eigenvalue weighted by Crippen LogP contribution is 2.33. The second-order valence-electron chi connectivity index (χ2n) is 5.74. The Morgan fingerprint density at radius 2 is 2.18 bits per heavy atom. The molecule has 112 valence electrons. The van der Waals surface area contributed by atoms with Crippen LogP contribution in [-0.4, -0.2) is 27.1 Å². The number of hydrogen-bond donors (Lipinski definition) is 2. The molecule has 0 aliphatic heterocycles. The molecule has 1 fully saturated rings. The molecule has 0 bridgehead atoms. The molecule has 0 atom stereocenters. The predicted molar refractivity (Wildman–Crippen MR) is 80.9 cm³/mol. The predicted octanol–water partition coefficient (Wildman–Crippen LogP) is 2.63. The first-order valence-electron chi connectivity index (χ1n) is 7.15. The summed E-state index contributed by atoms with van der Waals surface area (Å²) in [5.41, 5.74) is 7.75. The highest BCUT2D eigenvalue weighted by molar-refractivity contribution is 5.92. The van der Waals surface area contributed by atoms with Crippen LogP contribution in [-0.2, 0) is 0 Å². The smallest absolute Gasteiger partial charge is 0.255 e. The fraction of sp³-hybridized carbons (Fsp3) is 0.250. The van der Waals surface area contributed by atoms with Gasteiger partial charge in [-0.15, -0.1) is 0 Å². The van der Waals surface area contributed by atoms with Crippen LogP contribution in [0.15, 0.2) is 36.7 Å². The van der Waals surface area contributed by atoms with Crippen LogP contribution in [0.2, 0.25) is 0 Å². The minimum absolute atomic E-state index is 0.137. The Morgan fingerprint density at radius 1 is 1.32 bits per heavy atom. The average Bonchev–Trinajstić information content (AvgIpc) is 3.11. The topological polar surface area (TPSA) is 76.8 Å². The first kappa shape index (κ1) is 13.2. The molecular formula is C16H15FN4O. The Hall–Kier alpha value is -2.47. The molecule has 3 heterocycles. The lowest BCUT2D eigenvalue weighted by molar-refractivity contribution is 0.264. The third-order valence-corrected chi connectivity index (χ3v) is 3.95. The minimum Gasteiger partial charge on any atom is -0.487 e. The zero-order chi connectivity index (χ0) is 15.2. The van der Waals surface area contributed by atoms with Crippen LogP contribution in [0.5, 0.6) is 5.75 Å². The van der Waals surface area contributed by atoms with E-state index in [0.717, 1.165) is 29.4 Å². The van der Waals surface area contributed by atoms with E-state index >= 15 is 0 Å². The van der Waals surface area contributed by atoms with Gasteiger partial charge in [0.15, 0.2) is 5.75 Å². The van der Waals surface area contributed by atoms with Gasteiger partial charge in [0.25, 0.3) is 5.95 Å². The molecule has 1 aliphatic carbocycles. The van der Waals surface area contributed by atoms with Crippen LogP contribution in [0, 0.1) is 5.95 Å². The number of H-pyrrole nitrogens is 1. The number of fused-ring (bicyclic) bond motifs is 1. The normalized spacial score (nSPS) is 15.9. The summed E-state index contributed by atoms with van der Waals surface area (Å²) >= 11 is 0. The Kier molecular flexibility index (Phi) is 2.87. The number of hydrogen-bond acceptors (Lipinski definition) is 4. The number of aromatic nitrogens is 3. The second-order valence-corrected chi connectivity index (χ2v) is 5.74. The summed E-state index contributed by atoms with van der Waals surface area (Å²) in [7, 11) is 0. The van der Waals surface area contributed by atoms with Crippen molar-refractivity contribution in [2.24, 2.45) is 5.73 Å². The van der Waals surface area contributed by atoms with Gasteiger partial charge in [0.1, 0.15) is 12.3 Å². The summed E-state index contributed by atoms with van der Waals surface area (Å²) < 4.78 is 19.6. The van der Waals surface area contributed by atoms with Crippen molar-refractivity contribution in [1.82, 2.24) is 15.0 Å². The molecule has 1 saturated carbocycles. The molecule has 0 amide bonds. The number of nitrogens with zero attached hydrogens (tertiary/aromatic N) is 2. The Labute approximate surface area is 126 Å². The van der Waals surface area contributed by atoms with Gasteiger partial charge in [-0.1, -0.05) is 0 Å². The van der Waals surface area contributed by atoms with Crippen molar-refractivity contribution in [2.75, 3.05) is 6.61 Å². The molecule has 3 N–H and O–H groups in total. The number of rotatable bonds is 4. The number of ether oxygens (including phenoxy) is 1. The summed E-state index contributed by atoms with van der Waals surface area (Å²) in [5, 5.41) is 0.905. The van der Waals surface area contributed by atoms with Gasteiger partial charge in [0, 0.05) is 23.3 Å². The molecule has 6 heteroatoms. The zero-order valence-electron chi connectivity index (χ0n) is 11.8. The van der Waals surface area contributed by atoms with Gasteiger partial charge in [0.05, 0.1) is 11.2 Å². The minimum atomic E-state index is -0.625. The molecule has 0 radical (unpaired) electrons. The quantitative estimate of drug-likeness (QED) is 0.726. The van der Waals surface area contributed by atoms with Crippen molar-refractivity contribution < 1.29 is 9.13 Å². The third-order valence-electron chi connectivity index (χ3n) is 3.95. The van der Waals surface area contributed by atoms with Crippen LogP contribution in [0.3, 0.4) is 0 Å². The van der Waals surface area contributed by atoms with Gasteiger partial charge in [-0.05, 0) is 37.1 Å². The molecule has 0 saturated heterocycles. The summed E-state index contributed by atoms with van der Waals surface area (Å²) in [6.07, 6.45) is 5.32. The highest BCUT2D eigenvalue weighted by Gasteiger charge is 2.39. The van der Waals surface area contributed by atoms with Gasteiger partial charge < -0.3 is 15.5 Å². The van der Waals surface area contributed by atoms with E-state index in [1.54, 1.807) is 24.5 Å². The summed E-state index contributed by atoms with van der Waals surface area (Å²) in [6.45, 7) is 0.321. The van der Waals surface area contributed by atoms with Crippen LogP contribution in [0.4, 0.5) is 4.39 Å². The van der Waals surface area contributed by atoms with Gasteiger partial charge >= 0.3 is 0 Å². The molecule has 0 aromatic carbocycles. The number of aromatic amines is 1. The monoisotopic (exact) mass is 298 g/mol. The standard InChI is InChI=1S/C16H15FN4O/c17-14-13(22-9-16(18)5-6-16)4-3-12(21-14)11-8-20-15-10(11)2-1-7-19-15/h1-4,7-8H,5-6,9,18H2,(H,19,20). The number of nitrogens with two attached hydrogens (primary N) is 1. The lowest BCUT2D eigenvalue weighted by Crippen LogP contribution is -2.30. The summed E-state index contributed by atoms with van der Waals surface area (Å²) in [4.78, 5) is 11.3. The van der Waals surface area contributed by atoms with Crippen molar-refractivity contribution in [3.05, 3.63) is 42.6 Å². The first-order chi connectivity index (χ1) is 10.6. The van der Waals surface area contributed by atoms with E-state index in [1.807, 2.05) is 12.1 Å². The van der Waals surface area contributed by atoms with Gasteiger partial charge in [-0.3, -0.25) is 0 Å². The maximum atomic E-state index is 14.1. The molecule has 3 aromatic rings. The number of nitrogens with one attached hydrogen (secondary N) is 1. The summed E-state index contributed by atoms with van der Waals surface area (Å²) in [6, 6.07) is 7.09. The molecule has 0 unspecified atom stereocenters. The van der Waals surface area contributed by atoms with Crippen molar-refractivity contribution in [3.63, 3.8) is 0 Å². The molecule has 1 aliphatic rings. The zero-order valence-corrected chi connectivity index (χ0v) is 11.8. The Morgan fingerprint density at radius 3 is 2.95 bits per heavy atom. The van der Waals surface area contributed by atoms with Crippen molar-refractivity contribution >= 4 is 11.0 Å². The van der Waals surface area contributed by atoms with Crippen molar-refractivity contribution in [1.29, 1.82) is 0 Å². The van der Waals surface area contributed by atoms with E-state index in [1.165, 1.54) is 0 Å². The van der Waals surface area contributed by atoms with Gasteiger partial charge in [0.2, 0.25) is 0 Å². The van der Waals surface area contributed by atoms with Crippen LogP contribution in [0.25, 0.3) is 22.3 Å². The van der Waals surface area contributed by atoms with Gasteiger partial charge in [-0.2, -0.15) is 4.39 Å². The third kappa shape index (κ3) is 2.31. The molecule has 3 aromatic heterocycles. The van der Waals surface area contributed by atoms with E-state index in [2.05, 4.69) is 15.0 Å². The van der Waals surface area contributed by atoms with E-state index in [0.29, 0.717) is 12.3 Å². The fourth-order valence-electron chi connectivity index (χ4n) is 2.37. The highest BCUT2D eigenvalue weighted by atomic mass is 19.1. The van der Waals surface area contributed by atoms with E-state index in [-0.39, 0.29) is 11.3 Å². The molecule has 4 rings (SSSR count). The molecule has 5 nitrogen and oxygen atoms in total. The van der Waals surface area contributed by atoms with Crippen molar-refractivity contribution in [3.8, 4) is 17.0 Å². The molecule has 22 heavy (non-hydrogen) atoms. The van der Waals surface area contributed by atoms with Crippen LogP contribution < -0.4 is 10.5 Å². The SMILES string of the molecule is NC1(COc2ccc(-c3c[nH]c4ncccc34)nc2F)CC1. The lowest BCUT2D eigenvalue weighted by Gasteiger charge is -2.11. The maximum absolute atomic E-state index is 14.1. The van der Waals surface area contributed by atoms with E-state index in [4.69, 9.17) is 10.5 Å². The Bertz CT molecular complexity index is 841. The number of pyridine rings is 2. The second kappa shape index (κ2) is 4.78. The molecular weight excluding hydrogens is 283 g/mol. The van der Waals surface area contributed by atoms with Gasteiger partial charge in [-0.25, -0.2) is 9.97 Å². The molecule has 0 spiro atoms. The first-order valence-corrected chi connectivity index (χ1v) is 7.15. The number of halogens is 1. The fourth-order valence-corrected chi connectivity index (χ4v) is 2.37.